The van der Waals surface area contributed by atoms with Crippen LogP contribution in [-0.4, -0.2) is 14.2 Å². The number of aromatic nitrogens is 2. The molecule has 1 aromatic heterocycles. The van der Waals surface area contributed by atoms with Gasteiger partial charge in [0.25, 0.3) is 5.56 Å². The number of hydrogen-bond acceptors (Lipinski definition) is 6. The Morgan fingerprint density at radius 1 is 1.15 bits per heavy atom. The molecule has 1 heterocycles. The summed E-state index contributed by atoms with van der Waals surface area (Å²) in [6, 6.07) is 6.06. The predicted octanol–water partition coefficient (Wildman–Crippen LogP) is 0.787. The molecule has 0 saturated carbocycles. The van der Waals surface area contributed by atoms with Gasteiger partial charge in [-0.3, -0.25) is 13.9 Å². The predicted molar refractivity (Wildman–Crippen MR) is 73.6 cm³/mol. The molecule has 0 fully saturated rings. The van der Waals surface area contributed by atoms with E-state index >= 15 is 0 Å². The quantitative estimate of drug-likeness (QED) is 0.788. The fourth-order valence-electron chi connectivity index (χ4n) is 1.60. The maximum Gasteiger partial charge on any atom is 0.332 e. The highest BCUT2D eigenvalue weighted by molar-refractivity contribution is 5.56. The summed E-state index contributed by atoms with van der Waals surface area (Å²) in [5.41, 5.74) is 4.76. The van der Waals surface area contributed by atoms with Crippen LogP contribution in [0.2, 0.25) is 0 Å². The number of benzene rings is 1. The van der Waals surface area contributed by atoms with Crippen molar-refractivity contribution in [2.24, 2.45) is 24.3 Å². The molecule has 0 bridgehead atoms. The first kappa shape index (κ1) is 13.5. The van der Waals surface area contributed by atoms with Crippen LogP contribution >= 0.6 is 0 Å². The Balaban J connectivity index is 2.55. The first-order chi connectivity index (χ1) is 9.41. The monoisotopic (exact) mass is 275 g/mol. The first-order valence-electron chi connectivity index (χ1n) is 5.68. The van der Waals surface area contributed by atoms with E-state index in [9.17, 15) is 14.7 Å². The van der Waals surface area contributed by atoms with Gasteiger partial charge in [0.1, 0.15) is 11.6 Å². The first-order valence-corrected chi connectivity index (χ1v) is 5.68. The van der Waals surface area contributed by atoms with Gasteiger partial charge in [-0.2, -0.15) is 5.11 Å². The number of phenols is 1. The molecule has 0 spiro atoms. The normalized spacial score (nSPS) is 11.1. The van der Waals surface area contributed by atoms with Crippen LogP contribution in [0.3, 0.4) is 0 Å². The molecule has 2 rings (SSSR count). The number of azo groups is 1. The fourth-order valence-corrected chi connectivity index (χ4v) is 1.60. The maximum atomic E-state index is 11.9. The third-order valence-electron chi connectivity index (χ3n) is 2.78. The summed E-state index contributed by atoms with van der Waals surface area (Å²) in [6.45, 7) is 0. The maximum absolute atomic E-state index is 11.9. The lowest BCUT2D eigenvalue weighted by molar-refractivity contribution is 0.475. The van der Waals surface area contributed by atoms with Crippen molar-refractivity contribution in [1.82, 2.24) is 9.13 Å². The van der Waals surface area contributed by atoms with Crippen molar-refractivity contribution < 1.29 is 5.11 Å². The number of aromatic hydroxyl groups is 1. The van der Waals surface area contributed by atoms with Crippen molar-refractivity contribution in [3.8, 4) is 5.75 Å². The summed E-state index contributed by atoms with van der Waals surface area (Å²) in [5, 5.41) is 16.9. The van der Waals surface area contributed by atoms with Crippen molar-refractivity contribution >= 4 is 17.2 Å². The Hall–Kier alpha value is -2.90. The zero-order chi connectivity index (χ0) is 14.9. The molecule has 1 aromatic carbocycles. The Kier molecular flexibility index (Phi) is 3.38. The van der Waals surface area contributed by atoms with Gasteiger partial charge >= 0.3 is 5.69 Å². The Morgan fingerprint density at radius 3 is 2.50 bits per heavy atom. The molecule has 0 unspecified atom stereocenters. The van der Waals surface area contributed by atoms with Gasteiger partial charge in [0, 0.05) is 20.2 Å². The van der Waals surface area contributed by atoms with E-state index in [1.54, 1.807) is 12.1 Å². The molecule has 0 atom stereocenters. The van der Waals surface area contributed by atoms with E-state index in [-0.39, 0.29) is 17.3 Å². The van der Waals surface area contributed by atoms with Crippen LogP contribution in [0.15, 0.2) is 44.1 Å². The SMILES string of the molecule is Cn1c(N)c(N=Nc2cccc(O)c2)c(=O)n(C)c1=O. The summed E-state index contributed by atoms with van der Waals surface area (Å²) in [5.74, 6) is -0.0372. The number of nitrogen functional groups attached to an aromatic ring is 1. The van der Waals surface area contributed by atoms with Crippen LogP contribution in [-0.2, 0) is 14.1 Å². The zero-order valence-corrected chi connectivity index (χ0v) is 10.9. The molecular weight excluding hydrogens is 262 g/mol. The number of phenolic OH excluding ortho intramolecular Hbond substituents is 1. The highest BCUT2D eigenvalue weighted by Crippen LogP contribution is 2.22. The van der Waals surface area contributed by atoms with Crippen LogP contribution in [0.1, 0.15) is 0 Å². The zero-order valence-electron chi connectivity index (χ0n) is 10.9. The summed E-state index contributed by atoms with van der Waals surface area (Å²) in [6.07, 6.45) is 0. The van der Waals surface area contributed by atoms with Gasteiger partial charge in [-0.1, -0.05) is 6.07 Å². The van der Waals surface area contributed by atoms with Crippen molar-refractivity contribution in [2.45, 2.75) is 0 Å². The smallest absolute Gasteiger partial charge is 0.332 e. The second-order valence-corrected chi connectivity index (χ2v) is 4.16. The highest BCUT2D eigenvalue weighted by atomic mass is 16.3. The Morgan fingerprint density at radius 2 is 1.85 bits per heavy atom. The molecule has 0 aliphatic heterocycles. The number of nitrogens with zero attached hydrogens (tertiary/aromatic N) is 4. The molecule has 20 heavy (non-hydrogen) atoms. The van der Waals surface area contributed by atoms with Gasteiger partial charge in [-0.25, -0.2) is 4.79 Å². The molecule has 0 saturated heterocycles. The third-order valence-corrected chi connectivity index (χ3v) is 2.78. The average Bonchev–Trinajstić information content (AvgIpc) is 2.43. The second-order valence-electron chi connectivity index (χ2n) is 4.16. The number of hydrogen-bond donors (Lipinski definition) is 2. The molecule has 8 heteroatoms. The van der Waals surface area contributed by atoms with Crippen molar-refractivity contribution in [3.63, 3.8) is 0 Å². The van der Waals surface area contributed by atoms with Gasteiger partial charge < -0.3 is 10.8 Å². The van der Waals surface area contributed by atoms with Crippen LogP contribution in [0.4, 0.5) is 17.2 Å². The summed E-state index contributed by atoms with van der Waals surface area (Å²) in [4.78, 5) is 23.5. The molecule has 0 aliphatic rings. The Bertz CT molecular complexity index is 804. The fraction of sp³-hybridized carbons (Fsp3) is 0.167. The van der Waals surface area contributed by atoms with Gasteiger partial charge in [0.15, 0.2) is 5.69 Å². The van der Waals surface area contributed by atoms with Crippen LogP contribution in [0.25, 0.3) is 0 Å². The van der Waals surface area contributed by atoms with Gasteiger partial charge in [-0.15, -0.1) is 5.11 Å². The van der Waals surface area contributed by atoms with E-state index in [0.717, 1.165) is 9.13 Å². The summed E-state index contributed by atoms with van der Waals surface area (Å²) >= 11 is 0. The number of nitrogens with two attached hydrogens (primary N) is 1. The minimum absolute atomic E-state index is 0.0304. The Labute approximate surface area is 113 Å². The molecule has 104 valence electrons. The molecule has 2 aromatic rings. The third kappa shape index (κ3) is 2.30. The largest absolute Gasteiger partial charge is 0.508 e. The lowest BCUT2D eigenvalue weighted by Crippen LogP contribution is -2.37. The number of rotatable bonds is 2. The van der Waals surface area contributed by atoms with Gasteiger partial charge in [0.05, 0.1) is 5.69 Å². The minimum Gasteiger partial charge on any atom is -0.508 e. The van der Waals surface area contributed by atoms with Crippen LogP contribution in [0.5, 0.6) is 5.75 Å². The van der Waals surface area contributed by atoms with Crippen molar-refractivity contribution in [2.75, 3.05) is 5.73 Å². The van der Waals surface area contributed by atoms with E-state index in [1.807, 2.05) is 0 Å². The second kappa shape index (κ2) is 5.00. The molecule has 0 radical (unpaired) electrons. The summed E-state index contributed by atoms with van der Waals surface area (Å²) in [7, 11) is 2.77. The van der Waals surface area contributed by atoms with Gasteiger partial charge in [0.2, 0.25) is 0 Å². The topological polar surface area (TPSA) is 115 Å². The molecule has 8 nitrogen and oxygen atoms in total. The van der Waals surface area contributed by atoms with Crippen molar-refractivity contribution in [1.29, 1.82) is 0 Å². The lowest BCUT2D eigenvalue weighted by Gasteiger charge is -2.07. The van der Waals surface area contributed by atoms with E-state index in [2.05, 4.69) is 10.2 Å². The van der Waals surface area contributed by atoms with Gasteiger partial charge in [-0.05, 0) is 12.1 Å². The average molecular weight is 275 g/mol. The van der Waals surface area contributed by atoms with E-state index in [4.69, 9.17) is 5.73 Å². The lowest BCUT2D eigenvalue weighted by atomic mass is 10.3. The van der Waals surface area contributed by atoms with Crippen molar-refractivity contribution in [3.05, 3.63) is 45.1 Å². The number of anilines is 1. The standard InChI is InChI=1S/C12H13N5O3/c1-16-10(13)9(11(19)17(2)12(16)20)15-14-7-4-3-5-8(18)6-7/h3-6,18H,13H2,1-2H3. The van der Waals surface area contributed by atoms with E-state index in [1.165, 1.54) is 26.2 Å². The van der Waals surface area contributed by atoms with Crippen LogP contribution in [0, 0.1) is 0 Å². The molecular formula is C12H13N5O3. The molecule has 3 N–H and O–H groups in total. The van der Waals surface area contributed by atoms with E-state index < -0.39 is 11.2 Å². The minimum atomic E-state index is -0.630. The van der Waals surface area contributed by atoms with E-state index in [0.29, 0.717) is 5.69 Å². The molecule has 0 amide bonds. The van der Waals surface area contributed by atoms with Crippen LogP contribution < -0.4 is 17.0 Å². The molecule has 0 aliphatic carbocycles. The highest BCUT2D eigenvalue weighted by Gasteiger charge is 2.12. The summed E-state index contributed by atoms with van der Waals surface area (Å²) < 4.78 is 2.01.